The third-order valence-electron chi connectivity index (χ3n) is 17.2. The monoisotopic (exact) mass is 952 g/mol. The van der Waals surface area contributed by atoms with Gasteiger partial charge in [-0.15, -0.1) is 0 Å². The number of aliphatic hydroxyl groups excluding tert-OH is 3. The van der Waals surface area contributed by atoms with E-state index in [1.807, 2.05) is 18.2 Å². The van der Waals surface area contributed by atoms with Crippen molar-refractivity contribution in [3.63, 3.8) is 0 Å². The van der Waals surface area contributed by atoms with Crippen molar-refractivity contribution < 1.29 is 63.6 Å². The Labute approximate surface area is 402 Å². The maximum Gasteiger partial charge on any atom is 0.375 e. The number of benzene rings is 2. The lowest BCUT2D eigenvalue weighted by Crippen LogP contribution is -2.63. The van der Waals surface area contributed by atoms with Crippen molar-refractivity contribution in [2.24, 2.45) is 34.6 Å². The number of aldehydes is 1. The summed E-state index contributed by atoms with van der Waals surface area (Å²) in [6, 6.07) is 4.03. The number of aliphatic hydroxyl groups is 5. The molecule has 8 atom stereocenters. The van der Waals surface area contributed by atoms with E-state index in [9.17, 15) is 39.9 Å². The number of carbonyl (C=O) groups is 3. The Morgan fingerprint density at radius 3 is 2.61 bits per heavy atom. The molecule has 15 nitrogen and oxygen atoms in total. The summed E-state index contributed by atoms with van der Waals surface area (Å²) in [4.78, 5) is 49.4. The van der Waals surface area contributed by atoms with Crippen LogP contribution in [0.3, 0.4) is 0 Å². The van der Waals surface area contributed by atoms with Crippen molar-refractivity contribution in [1.82, 2.24) is 4.90 Å². The molecule has 372 valence electrons. The summed E-state index contributed by atoms with van der Waals surface area (Å²) in [6.45, 7) is 3.95. The topological polar surface area (TPSA) is 214 Å². The number of rotatable bonds is 12. The molecule has 2 aromatic carbocycles. The number of hydrogen-bond acceptors (Lipinski definition) is 15. The van der Waals surface area contributed by atoms with E-state index in [1.165, 1.54) is 0 Å². The number of methoxy groups -OCH3 is 1. The summed E-state index contributed by atoms with van der Waals surface area (Å²) in [5.74, 6) is -3.15. The van der Waals surface area contributed by atoms with Crippen molar-refractivity contribution >= 4 is 29.7 Å². The van der Waals surface area contributed by atoms with Crippen LogP contribution in [0.2, 0.25) is 0 Å². The second-order valence-electron chi connectivity index (χ2n) is 21.0. The summed E-state index contributed by atoms with van der Waals surface area (Å²) < 4.78 is 31.5. The maximum absolute atomic E-state index is 14.6. The largest absolute Gasteiger partial charge is 0.492 e. The summed E-state index contributed by atoms with van der Waals surface area (Å²) >= 11 is 0. The first-order valence-corrected chi connectivity index (χ1v) is 25.4. The molecule has 0 spiro atoms. The molecular formula is C54H68N2O13. The van der Waals surface area contributed by atoms with E-state index in [2.05, 4.69) is 9.89 Å². The molecule has 15 heteroatoms. The number of Topliss-reactive ketones (excluding diaryl/α,β-unsaturated/α-hetero) is 1. The van der Waals surface area contributed by atoms with E-state index in [0.717, 1.165) is 73.4 Å². The smallest absolute Gasteiger partial charge is 0.375 e. The van der Waals surface area contributed by atoms with Gasteiger partial charge in [0.05, 0.1) is 60.6 Å². The Kier molecular flexibility index (Phi) is 13.7. The van der Waals surface area contributed by atoms with Gasteiger partial charge in [-0.1, -0.05) is 24.5 Å². The van der Waals surface area contributed by atoms with E-state index in [-0.39, 0.29) is 91.0 Å². The molecule has 0 aromatic heterocycles. The van der Waals surface area contributed by atoms with E-state index in [1.54, 1.807) is 14.0 Å². The molecule has 1 saturated heterocycles. The normalized spacial score (nSPS) is 30.4. The molecule has 8 aliphatic rings. The molecule has 10 rings (SSSR count). The number of likely N-dealkylation sites (tertiary alicyclic amines) is 1. The molecular weight excluding hydrogens is 885 g/mol. The van der Waals surface area contributed by atoms with Gasteiger partial charge in [0.25, 0.3) is 0 Å². The second kappa shape index (κ2) is 19.6. The van der Waals surface area contributed by atoms with Crippen LogP contribution in [0.25, 0.3) is 11.6 Å². The Balaban J connectivity index is 1.15. The van der Waals surface area contributed by atoms with Gasteiger partial charge in [0.2, 0.25) is 5.76 Å². The van der Waals surface area contributed by atoms with Crippen LogP contribution in [0.4, 0.5) is 0 Å². The number of fused-ring (bicyclic) bond motifs is 8. The third-order valence-corrected chi connectivity index (χ3v) is 17.2. The fourth-order valence-electron chi connectivity index (χ4n) is 13.7. The standard InChI is InChI=1S/C54H68N2O13/c1-3-66-52(62)51-40(27-59)45-33-17-35(26-58)47(61)38(20-33)37-19-32-9-13-55-43(32)21-31(37)8-7-30(25-57)29-67-49-39-22-44(68-48(39)41(28-60)50(69-51)46(45)49)54(64)23-36(53(63)11-4-5-12-53)18-34-24-56(14-6-16-65-2)15-10-42(34)54/h9,19,21,27,30,34-36,38,42,44,57-58,60,63-64H,3-8,10-18,20,22-26,28-29H2,1-2H3. The molecule has 0 amide bonds. The number of carbonyl (C=O) groups excluding carboxylic acids is 3. The SMILES string of the molecule is CCOC(=O)C1=C(C=O)C2=C3CC(CO)C(=O)C(C3)c3cc4c(cc3CCC(CO)COc3c5c(c(CO)c(c32)O1)OC(C1(O)CC(C2(O)CCCC2)CC2CN(CCCOC)CCC21)C5)=NCC=4. The Bertz CT molecular complexity index is 2560. The lowest BCUT2D eigenvalue weighted by molar-refractivity contribution is -0.188. The number of aryl methyl sites for hydroxylation is 1. The van der Waals surface area contributed by atoms with E-state index in [0.29, 0.717) is 73.8 Å². The first-order chi connectivity index (χ1) is 33.5. The minimum atomic E-state index is -1.41. The van der Waals surface area contributed by atoms with Crippen LogP contribution in [0.1, 0.15) is 111 Å². The average Bonchev–Trinajstić information content (AvgIpc) is 4.14. The zero-order valence-electron chi connectivity index (χ0n) is 40.0. The number of ketones is 1. The Morgan fingerprint density at radius 1 is 1.04 bits per heavy atom. The van der Waals surface area contributed by atoms with Crippen LogP contribution in [0.15, 0.2) is 34.0 Å². The highest BCUT2D eigenvalue weighted by Gasteiger charge is 2.60. The quantitative estimate of drug-likeness (QED) is 0.118. The van der Waals surface area contributed by atoms with E-state index >= 15 is 0 Å². The fourth-order valence-corrected chi connectivity index (χ4v) is 13.7. The van der Waals surface area contributed by atoms with Gasteiger partial charge in [-0.2, -0.15) is 0 Å². The van der Waals surface area contributed by atoms with Gasteiger partial charge < -0.3 is 54.1 Å². The van der Waals surface area contributed by atoms with Crippen LogP contribution >= 0.6 is 0 Å². The summed E-state index contributed by atoms with van der Waals surface area (Å²) in [6.07, 6.45) is 9.00. The Morgan fingerprint density at radius 2 is 1.87 bits per heavy atom. The van der Waals surface area contributed by atoms with Gasteiger partial charge in [0.15, 0.2) is 6.29 Å². The zero-order chi connectivity index (χ0) is 48.2. The summed E-state index contributed by atoms with van der Waals surface area (Å²) in [5.41, 5.74) is 1.20. The zero-order valence-corrected chi connectivity index (χ0v) is 40.0. The number of piperidine rings is 1. The van der Waals surface area contributed by atoms with Crippen LogP contribution < -0.4 is 24.8 Å². The van der Waals surface area contributed by atoms with Crippen LogP contribution in [-0.2, 0) is 43.3 Å². The molecule has 3 aliphatic carbocycles. The van der Waals surface area contributed by atoms with Crippen molar-refractivity contribution in [2.75, 3.05) is 66.3 Å². The van der Waals surface area contributed by atoms with Gasteiger partial charge in [-0.05, 0) is 124 Å². The van der Waals surface area contributed by atoms with Gasteiger partial charge in [0, 0.05) is 68.7 Å². The minimum absolute atomic E-state index is 0.0228. The highest BCUT2D eigenvalue weighted by atomic mass is 16.6. The number of nitrogens with zero attached hydrogens (tertiary/aromatic N) is 2. The third kappa shape index (κ3) is 8.47. The van der Waals surface area contributed by atoms with Crippen molar-refractivity contribution in [3.8, 4) is 17.2 Å². The minimum Gasteiger partial charge on any atom is -0.492 e. The van der Waals surface area contributed by atoms with E-state index in [4.69, 9.17) is 23.7 Å². The molecule has 4 fully saturated rings. The van der Waals surface area contributed by atoms with Crippen molar-refractivity contribution in [1.29, 1.82) is 0 Å². The highest BCUT2D eigenvalue weighted by molar-refractivity contribution is 6.11. The predicted octanol–water partition coefficient (Wildman–Crippen LogP) is 3.17. The van der Waals surface area contributed by atoms with Gasteiger partial charge >= 0.3 is 5.97 Å². The number of hydrogen-bond donors (Lipinski definition) is 5. The first kappa shape index (κ1) is 48.2. The summed E-state index contributed by atoms with van der Waals surface area (Å²) in [7, 11) is 1.71. The molecule has 5 heterocycles. The molecule has 5 N–H and O–H groups in total. The predicted molar refractivity (Wildman–Crippen MR) is 252 cm³/mol. The molecule has 0 radical (unpaired) electrons. The molecule has 2 bridgehead atoms. The molecule has 8 unspecified atom stereocenters. The van der Waals surface area contributed by atoms with Crippen LogP contribution in [0.5, 0.6) is 17.2 Å². The number of esters is 1. The van der Waals surface area contributed by atoms with E-state index < -0.39 is 60.0 Å². The molecule has 5 aliphatic heterocycles. The first-order valence-electron chi connectivity index (χ1n) is 25.4. The fraction of sp³-hybridized carbons (Fsp3) is 0.630. The highest BCUT2D eigenvalue weighted by Crippen LogP contribution is 2.60. The maximum atomic E-state index is 14.6. The van der Waals surface area contributed by atoms with Crippen molar-refractivity contribution in [3.05, 3.63) is 67.4 Å². The number of allylic oxidation sites excluding steroid dienone is 3. The number of ether oxygens (including phenoxy) is 5. The molecule has 2 aromatic rings. The van der Waals surface area contributed by atoms with Gasteiger partial charge in [-0.25, -0.2) is 4.79 Å². The van der Waals surface area contributed by atoms with Gasteiger partial charge in [0.1, 0.15) is 34.7 Å². The second-order valence-corrected chi connectivity index (χ2v) is 21.0. The van der Waals surface area contributed by atoms with Crippen LogP contribution in [0, 0.1) is 29.6 Å². The molecule has 69 heavy (non-hydrogen) atoms. The van der Waals surface area contributed by atoms with Gasteiger partial charge in [-0.3, -0.25) is 14.6 Å². The average molecular weight is 953 g/mol. The summed E-state index contributed by atoms with van der Waals surface area (Å²) in [5, 5.41) is 60.9. The van der Waals surface area contributed by atoms with Crippen molar-refractivity contribution in [2.45, 2.75) is 120 Å². The van der Waals surface area contributed by atoms with Crippen LogP contribution in [-0.4, -0.2) is 132 Å². The lowest BCUT2D eigenvalue weighted by atomic mass is 9.57. The lowest BCUT2D eigenvalue weighted by Gasteiger charge is -2.55. The Hall–Kier alpha value is -4.48. The molecule has 3 saturated carbocycles.